The predicted octanol–water partition coefficient (Wildman–Crippen LogP) is 3.60. The highest BCUT2D eigenvalue weighted by molar-refractivity contribution is 7.16. The first kappa shape index (κ1) is 14.6. The highest BCUT2D eigenvalue weighted by Crippen LogP contribution is 2.29. The Bertz CT molecular complexity index is 677. The van der Waals surface area contributed by atoms with Gasteiger partial charge in [0.2, 0.25) is 5.91 Å². The summed E-state index contributed by atoms with van der Waals surface area (Å²) in [5, 5.41) is 7.73. The fourth-order valence-corrected chi connectivity index (χ4v) is 4.05. The standard InChI is InChI=1S/C15H18ClN3OS/c1-9-15(12-4-3-5-14(20)17-12)10(2)19(18-9)8-11-6-7-13(16)21-11/h6-7,12H,3-5,8H2,1-2H3,(H,17,20). The Morgan fingerprint density at radius 2 is 2.29 bits per heavy atom. The van der Waals surface area contributed by atoms with Crippen LogP contribution >= 0.6 is 22.9 Å². The van der Waals surface area contributed by atoms with Crippen LogP contribution in [0, 0.1) is 13.8 Å². The maximum Gasteiger partial charge on any atom is 0.220 e. The van der Waals surface area contributed by atoms with Crippen molar-refractivity contribution in [3.05, 3.63) is 38.3 Å². The van der Waals surface area contributed by atoms with Gasteiger partial charge in [-0.25, -0.2) is 0 Å². The van der Waals surface area contributed by atoms with Crippen molar-refractivity contribution < 1.29 is 4.79 Å². The summed E-state index contributed by atoms with van der Waals surface area (Å²) in [4.78, 5) is 12.8. The Kier molecular flexibility index (Phi) is 4.04. The fraction of sp³-hybridized carbons (Fsp3) is 0.467. The third kappa shape index (κ3) is 2.99. The number of hydrogen-bond acceptors (Lipinski definition) is 3. The van der Waals surface area contributed by atoms with E-state index in [-0.39, 0.29) is 11.9 Å². The lowest BCUT2D eigenvalue weighted by molar-refractivity contribution is -0.123. The summed E-state index contributed by atoms with van der Waals surface area (Å²) in [6.45, 7) is 4.82. The molecule has 3 heterocycles. The van der Waals surface area contributed by atoms with Crippen LogP contribution in [0.2, 0.25) is 4.34 Å². The zero-order valence-electron chi connectivity index (χ0n) is 12.1. The second-order valence-corrected chi connectivity index (χ2v) is 7.26. The van der Waals surface area contributed by atoms with Gasteiger partial charge in [-0.3, -0.25) is 9.48 Å². The fourth-order valence-electron chi connectivity index (χ4n) is 2.98. The zero-order valence-corrected chi connectivity index (χ0v) is 13.7. The van der Waals surface area contributed by atoms with Gasteiger partial charge in [-0.15, -0.1) is 11.3 Å². The molecule has 1 amide bonds. The lowest BCUT2D eigenvalue weighted by Gasteiger charge is -2.23. The van der Waals surface area contributed by atoms with Crippen molar-refractivity contribution in [3.8, 4) is 0 Å². The number of halogens is 1. The van der Waals surface area contributed by atoms with Crippen LogP contribution in [0.1, 0.15) is 47.1 Å². The van der Waals surface area contributed by atoms with Crippen LogP contribution in [0.4, 0.5) is 0 Å². The molecule has 0 aliphatic carbocycles. The number of carbonyl (C=O) groups excluding carboxylic acids is 1. The highest BCUT2D eigenvalue weighted by atomic mass is 35.5. The van der Waals surface area contributed by atoms with Gasteiger partial charge in [0.1, 0.15) is 0 Å². The summed E-state index contributed by atoms with van der Waals surface area (Å²) < 4.78 is 2.81. The summed E-state index contributed by atoms with van der Waals surface area (Å²) in [7, 11) is 0. The molecule has 0 spiro atoms. The van der Waals surface area contributed by atoms with E-state index in [1.807, 2.05) is 23.7 Å². The molecule has 2 aromatic rings. The Morgan fingerprint density at radius 3 is 2.95 bits per heavy atom. The van der Waals surface area contributed by atoms with Crippen molar-refractivity contribution >= 4 is 28.8 Å². The normalized spacial score (nSPS) is 18.8. The van der Waals surface area contributed by atoms with Gasteiger partial charge in [0, 0.05) is 22.6 Å². The molecular weight excluding hydrogens is 306 g/mol. The highest BCUT2D eigenvalue weighted by Gasteiger charge is 2.25. The molecule has 1 fully saturated rings. The van der Waals surface area contributed by atoms with Crippen LogP contribution in [0.5, 0.6) is 0 Å². The monoisotopic (exact) mass is 323 g/mol. The van der Waals surface area contributed by atoms with Gasteiger partial charge in [0.15, 0.2) is 0 Å². The first-order valence-electron chi connectivity index (χ1n) is 7.12. The summed E-state index contributed by atoms with van der Waals surface area (Å²) in [5.74, 6) is 0.142. The quantitative estimate of drug-likeness (QED) is 0.938. The molecule has 112 valence electrons. The van der Waals surface area contributed by atoms with Gasteiger partial charge < -0.3 is 5.32 Å². The summed E-state index contributed by atoms with van der Waals surface area (Å²) >= 11 is 7.56. The average molecular weight is 324 g/mol. The molecule has 1 saturated heterocycles. The van der Waals surface area contributed by atoms with E-state index >= 15 is 0 Å². The molecule has 21 heavy (non-hydrogen) atoms. The van der Waals surface area contributed by atoms with Gasteiger partial charge in [-0.05, 0) is 38.8 Å². The largest absolute Gasteiger partial charge is 0.349 e. The van der Waals surface area contributed by atoms with E-state index in [1.54, 1.807) is 11.3 Å². The van der Waals surface area contributed by atoms with Crippen molar-refractivity contribution in [2.45, 2.75) is 45.7 Å². The molecule has 4 nitrogen and oxygen atoms in total. The van der Waals surface area contributed by atoms with E-state index in [2.05, 4.69) is 17.3 Å². The zero-order chi connectivity index (χ0) is 15.0. The van der Waals surface area contributed by atoms with Crippen LogP contribution in [-0.4, -0.2) is 15.7 Å². The predicted molar refractivity (Wildman–Crippen MR) is 84.9 cm³/mol. The molecule has 1 aliphatic heterocycles. The Hall–Kier alpha value is -1.33. The van der Waals surface area contributed by atoms with Crippen molar-refractivity contribution in [1.82, 2.24) is 15.1 Å². The molecule has 2 aromatic heterocycles. The minimum Gasteiger partial charge on any atom is -0.349 e. The van der Waals surface area contributed by atoms with Gasteiger partial charge in [-0.2, -0.15) is 5.10 Å². The Morgan fingerprint density at radius 1 is 1.48 bits per heavy atom. The number of aryl methyl sites for hydroxylation is 1. The van der Waals surface area contributed by atoms with E-state index in [4.69, 9.17) is 11.6 Å². The maximum absolute atomic E-state index is 11.6. The average Bonchev–Trinajstić information content (AvgIpc) is 2.94. The number of rotatable bonds is 3. The molecule has 1 N–H and O–H groups in total. The minimum absolute atomic E-state index is 0.104. The summed E-state index contributed by atoms with van der Waals surface area (Å²) in [5.41, 5.74) is 3.30. The van der Waals surface area contributed by atoms with Crippen molar-refractivity contribution in [2.75, 3.05) is 0 Å². The number of nitrogens with zero attached hydrogens (tertiary/aromatic N) is 2. The second kappa shape index (κ2) is 5.81. The molecule has 6 heteroatoms. The molecule has 1 atom stereocenters. The van der Waals surface area contributed by atoms with E-state index in [9.17, 15) is 4.79 Å². The number of hydrogen-bond donors (Lipinski definition) is 1. The van der Waals surface area contributed by atoms with E-state index in [1.165, 1.54) is 10.4 Å². The van der Waals surface area contributed by atoms with E-state index < -0.39 is 0 Å². The van der Waals surface area contributed by atoms with E-state index in [0.29, 0.717) is 6.42 Å². The van der Waals surface area contributed by atoms with Crippen LogP contribution < -0.4 is 5.32 Å². The molecular formula is C15H18ClN3OS. The van der Waals surface area contributed by atoms with Crippen LogP contribution in [0.15, 0.2) is 12.1 Å². The molecule has 1 unspecified atom stereocenters. The third-order valence-electron chi connectivity index (χ3n) is 3.95. The number of amides is 1. The van der Waals surface area contributed by atoms with Crippen LogP contribution in [0.3, 0.4) is 0 Å². The molecule has 0 aromatic carbocycles. The second-order valence-electron chi connectivity index (χ2n) is 5.46. The number of aromatic nitrogens is 2. The van der Waals surface area contributed by atoms with Crippen LogP contribution in [-0.2, 0) is 11.3 Å². The van der Waals surface area contributed by atoms with Gasteiger partial charge in [-0.1, -0.05) is 11.6 Å². The van der Waals surface area contributed by atoms with Crippen molar-refractivity contribution in [2.24, 2.45) is 0 Å². The number of thiophene rings is 1. The topological polar surface area (TPSA) is 46.9 Å². The molecule has 0 bridgehead atoms. The maximum atomic E-state index is 11.6. The number of piperidine rings is 1. The Balaban J connectivity index is 1.87. The van der Waals surface area contributed by atoms with Gasteiger partial charge in [0.05, 0.1) is 22.6 Å². The number of carbonyl (C=O) groups is 1. The van der Waals surface area contributed by atoms with Crippen molar-refractivity contribution in [1.29, 1.82) is 0 Å². The molecule has 0 saturated carbocycles. The van der Waals surface area contributed by atoms with Crippen molar-refractivity contribution in [3.63, 3.8) is 0 Å². The summed E-state index contributed by atoms with van der Waals surface area (Å²) in [6.07, 6.45) is 2.57. The van der Waals surface area contributed by atoms with Gasteiger partial charge >= 0.3 is 0 Å². The molecule has 0 radical (unpaired) electrons. The first-order valence-corrected chi connectivity index (χ1v) is 8.31. The first-order chi connectivity index (χ1) is 10.0. The number of nitrogens with one attached hydrogen (secondary N) is 1. The SMILES string of the molecule is Cc1nn(Cc2ccc(Cl)s2)c(C)c1C1CCCC(=O)N1. The third-order valence-corrected chi connectivity index (χ3v) is 5.17. The minimum atomic E-state index is 0.104. The molecule has 1 aliphatic rings. The lowest BCUT2D eigenvalue weighted by atomic mass is 9.96. The summed E-state index contributed by atoms with van der Waals surface area (Å²) in [6, 6.07) is 4.05. The Labute approximate surface area is 133 Å². The van der Waals surface area contributed by atoms with Crippen LogP contribution in [0.25, 0.3) is 0 Å². The van der Waals surface area contributed by atoms with Gasteiger partial charge in [0.25, 0.3) is 0 Å². The van der Waals surface area contributed by atoms with E-state index in [0.717, 1.165) is 35.1 Å². The lowest BCUT2D eigenvalue weighted by Crippen LogP contribution is -2.33. The molecule has 3 rings (SSSR count). The smallest absolute Gasteiger partial charge is 0.220 e.